The molecule has 0 amide bonds. The maximum atomic E-state index is 6.15. The van der Waals surface area contributed by atoms with E-state index in [1.54, 1.807) is 0 Å². The average molecular weight is 356 g/mol. The first kappa shape index (κ1) is 18.0. The third kappa shape index (κ3) is 3.45. The van der Waals surface area contributed by atoms with Crippen LogP contribution in [0.25, 0.3) is 22.3 Å². The van der Waals surface area contributed by atoms with E-state index in [2.05, 4.69) is 100 Å². The smallest absolute Gasteiger partial charge is 0.399 e. The van der Waals surface area contributed by atoms with E-state index in [-0.39, 0.29) is 18.3 Å². The molecule has 3 aromatic rings. The van der Waals surface area contributed by atoms with Crippen molar-refractivity contribution >= 4 is 12.6 Å². The van der Waals surface area contributed by atoms with Gasteiger partial charge in [-0.05, 0) is 61.5 Å². The van der Waals surface area contributed by atoms with Crippen LogP contribution in [0.3, 0.4) is 0 Å². The van der Waals surface area contributed by atoms with E-state index in [1.807, 2.05) is 6.07 Å². The Labute approximate surface area is 162 Å². The van der Waals surface area contributed by atoms with Gasteiger partial charge in [0.15, 0.2) is 0 Å². The fourth-order valence-electron chi connectivity index (χ4n) is 3.32. The summed E-state index contributed by atoms with van der Waals surface area (Å²) >= 11 is 0. The highest BCUT2D eigenvalue weighted by Gasteiger charge is 2.51. The van der Waals surface area contributed by atoms with Gasteiger partial charge in [-0.2, -0.15) is 0 Å². The number of benzene rings is 3. The molecule has 0 N–H and O–H groups in total. The third-order valence-corrected chi connectivity index (χ3v) is 5.74. The molecule has 0 aromatic heterocycles. The van der Waals surface area contributed by atoms with Crippen LogP contribution in [0.5, 0.6) is 0 Å². The van der Waals surface area contributed by atoms with E-state index < -0.39 is 0 Å². The molecular weight excluding hydrogens is 331 g/mol. The predicted octanol–water partition coefficient (Wildman–Crippen LogP) is 5.32. The van der Waals surface area contributed by atoms with Gasteiger partial charge in [0.25, 0.3) is 0 Å². The summed E-state index contributed by atoms with van der Waals surface area (Å²) in [4.78, 5) is 0. The summed E-state index contributed by atoms with van der Waals surface area (Å²) in [5, 5.41) is 0. The zero-order chi connectivity index (χ0) is 19.1. The molecule has 3 heteroatoms. The predicted molar refractivity (Wildman–Crippen MR) is 113 cm³/mol. The van der Waals surface area contributed by atoms with Gasteiger partial charge in [0.05, 0.1) is 11.2 Å². The number of hydrogen-bond acceptors (Lipinski definition) is 2. The highest BCUT2D eigenvalue weighted by molar-refractivity contribution is 6.62. The minimum absolute atomic E-state index is 0.319. The quantitative estimate of drug-likeness (QED) is 0.592. The lowest BCUT2D eigenvalue weighted by molar-refractivity contribution is 0.00578. The Morgan fingerprint density at radius 3 is 1.59 bits per heavy atom. The van der Waals surface area contributed by atoms with Gasteiger partial charge >= 0.3 is 7.12 Å². The highest BCUT2D eigenvalue weighted by Crippen LogP contribution is 2.36. The molecule has 27 heavy (non-hydrogen) atoms. The van der Waals surface area contributed by atoms with E-state index in [0.29, 0.717) is 0 Å². The van der Waals surface area contributed by atoms with Gasteiger partial charge in [-0.15, -0.1) is 0 Å². The average Bonchev–Trinajstić information content (AvgIpc) is 2.90. The van der Waals surface area contributed by atoms with Crippen LogP contribution >= 0.6 is 0 Å². The molecule has 1 fully saturated rings. The van der Waals surface area contributed by atoms with Crippen molar-refractivity contribution in [2.24, 2.45) is 0 Å². The highest BCUT2D eigenvalue weighted by atomic mass is 16.7. The first-order valence-electron chi connectivity index (χ1n) is 9.47. The largest absolute Gasteiger partial charge is 0.494 e. The molecule has 1 aliphatic heterocycles. The molecule has 1 aliphatic rings. The summed E-state index contributed by atoms with van der Waals surface area (Å²) < 4.78 is 12.3. The normalized spacial score (nSPS) is 17.9. The molecule has 2 nitrogen and oxygen atoms in total. The summed E-state index contributed by atoms with van der Waals surface area (Å²) in [6.45, 7) is 8.32. The summed E-state index contributed by atoms with van der Waals surface area (Å²) in [6.07, 6.45) is 0. The molecule has 3 aromatic carbocycles. The van der Waals surface area contributed by atoms with Crippen molar-refractivity contribution in [2.45, 2.75) is 38.9 Å². The molecule has 136 valence electrons. The lowest BCUT2D eigenvalue weighted by Gasteiger charge is -2.32. The molecule has 0 saturated carbocycles. The molecule has 1 heterocycles. The van der Waals surface area contributed by atoms with Gasteiger partial charge in [-0.1, -0.05) is 72.8 Å². The van der Waals surface area contributed by atoms with Crippen molar-refractivity contribution in [1.82, 2.24) is 0 Å². The summed E-state index contributed by atoms with van der Waals surface area (Å²) in [5.41, 5.74) is 5.26. The van der Waals surface area contributed by atoms with Gasteiger partial charge in [0.1, 0.15) is 0 Å². The van der Waals surface area contributed by atoms with Crippen LogP contribution in [0.2, 0.25) is 0 Å². The van der Waals surface area contributed by atoms with Gasteiger partial charge in [0, 0.05) is 0 Å². The van der Waals surface area contributed by atoms with Gasteiger partial charge in [-0.3, -0.25) is 0 Å². The van der Waals surface area contributed by atoms with Crippen molar-refractivity contribution in [2.75, 3.05) is 0 Å². The topological polar surface area (TPSA) is 18.5 Å². The Morgan fingerprint density at radius 2 is 1.04 bits per heavy atom. The SMILES string of the molecule is CC1(C)OB(c2ccc(-c3cccc(-c4ccccc4)c3)cc2)OC1(C)C. The summed E-state index contributed by atoms with van der Waals surface area (Å²) in [7, 11) is -0.320. The summed E-state index contributed by atoms with van der Waals surface area (Å²) in [6, 6.07) is 27.6. The Hall–Kier alpha value is -2.36. The van der Waals surface area contributed by atoms with Crippen LogP contribution in [0.4, 0.5) is 0 Å². The second-order valence-corrected chi connectivity index (χ2v) is 8.16. The van der Waals surface area contributed by atoms with E-state index in [9.17, 15) is 0 Å². The zero-order valence-electron chi connectivity index (χ0n) is 16.4. The van der Waals surface area contributed by atoms with Crippen molar-refractivity contribution < 1.29 is 9.31 Å². The maximum absolute atomic E-state index is 6.15. The van der Waals surface area contributed by atoms with Crippen LogP contribution in [-0.4, -0.2) is 18.3 Å². The van der Waals surface area contributed by atoms with Crippen LogP contribution in [0.15, 0.2) is 78.9 Å². The van der Waals surface area contributed by atoms with Crippen LogP contribution in [0.1, 0.15) is 27.7 Å². The second kappa shape index (κ2) is 6.67. The molecule has 4 rings (SSSR count). The minimum Gasteiger partial charge on any atom is -0.399 e. The maximum Gasteiger partial charge on any atom is 0.494 e. The second-order valence-electron chi connectivity index (χ2n) is 8.16. The lowest BCUT2D eigenvalue weighted by atomic mass is 9.78. The zero-order valence-corrected chi connectivity index (χ0v) is 16.4. The third-order valence-electron chi connectivity index (χ3n) is 5.74. The molecule has 0 radical (unpaired) electrons. The van der Waals surface area contributed by atoms with Gasteiger partial charge in [0.2, 0.25) is 0 Å². The molecule has 0 unspecified atom stereocenters. The molecule has 0 atom stereocenters. The van der Waals surface area contributed by atoms with E-state index >= 15 is 0 Å². The molecule has 1 saturated heterocycles. The van der Waals surface area contributed by atoms with Crippen molar-refractivity contribution in [3.05, 3.63) is 78.9 Å². The van der Waals surface area contributed by atoms with Crippen molar-refractivity contribution in [1.29, 1.82) is 0 Å². The number of hydrogen-bond donors (Lipinski definition) is 0. The minimum atomic E-state index is -0.320. The Balaban J connectivity index is 1.59. The van der Waals surface area contributed by atoms with Gasteiger partial charge < -0.3 is 9.31 Å². The lowest BCUT2D eigenvalue weighted by Crippen LogP contribution is -2.41. The van der Waals surface area contributed by atoms with Crippen LogP contribution in [0, 0.1) is 0 Å². The summed E-state index contributed by atoms with van der Waals surface area (Å²) in [5.74, 6) is 0. The standard InChI is InChI=1S/C24H25BO2/c1-23(2)24(3,4)27-25(26-23)22-15-13-19(14-16-22)21-12-8-11-20(17-21)18-9-6-5-7-10-18/h5-17H,1-4H3. The van der Waals surface area contributed by atoms with Crippen LogP contribution < -0.4 is 5.46 Å². The molecular formula is C24H25BO2. The Kier molecular flexibility index (Phi) is 4.45. The van der Waals surface area contributed by atoms with E-state index in [1.165, 1.54) is 22.3 Å². The Bertz CT molecular complexity index is 914. The van der Waals surface area contributed by atoms with Crippen molar-refractivity contribution in [3.8, 4) is 22.3 Å². The first-order chi connectivity index (χ1) is 12.9. The van der Waals surface area contributed by atoms with Crippen LogP contribution in [-0.2, 0) is 9.31 Å². The molecule has 0 spiro atoms. The fraction of sp³-hybridized carbons (Fsp3) is 0.250. The fourth-order valence-corrected chi connectivity index (χ4v) is 3.32. The van der Waals surface area contributed by atoms with E-state index in [0.717, 1.165) is 5.46 Å². The monoisotopic (exact) mass is 356 g/mol. The van der Waals surface area contributed by atoms with Crippen molar-refractivity contribution in [3.63, 3.8) is 0 Å². The first-order valence-corrected chi connectivity index (χ1v) is 9.47. The molecule has 0 bridgehead atoms. The Morgan fingerprint density at radius 1 is 0.556 bits per heavy atom. The van der Waals surface area contributed by atoms with E-state index in [4.69, 9.17) is 9.31 Å². The number of rotatable bonds is 3. The van der Waals surface area contributed by atoms with Gasteiger partial charge in [-0.25, -0.2) is 0 Å². The molecule has 0 aliphatic carbocycles.